The zero-order valence-corrected chi connectivity index (χ0v) is 25.1. The van der Waals surface area contributed by atoms with E-state index in [4.69, 9.17) is 4.74 Å². The first kappa shape index (κ1) is 29.5. The van der Waals surface area contributed by atoms with Crippen LogP contribution in [-0.2, 0) is 26.0 Å². The number of anilines is 1. The maximum atomic E-state index is 14.0. The maximum Gasteiger partial charge on any atom is 0.243 e. The van der Waals surface area contributed by atoms with Gasteiger partial charge < -0.3 is 10.1 Å². The van der Waals surface area contributed by atoms with Crippen molar-refractivity contribution in [2.45, 2.75) is 62.5 Å². The number of likely N-dealkylation sites (tertiary alicyclic amines) is 1. The molecule has 1 amide bonds. The molecule has 218 valence electrons. The van der Waals surface area contributed by atoms with Gasteiger partial charge in [0.1, 0.15) is 0 Å². The van der Waals surface area contributed by atoms with E-state index in [9.17, 15) is 13.2 Å². The second-order valence-corrected chi connectivity index (χ2v) is 13.7. The van der Waals surface area contributed by atoms with E-state index in [1.54, 1.807) is 16.4 Å². The summed E-state index contributed by atoms with van der Waals surface area (Å²) in [4.78, 5) is 15.4. The second kappa shape index (κ2) is 12.4. The fourth-order valence-corrected chi connectivity index (χ4v) is 7.60. The number of piperidine rings is 1. The molecule has 2 heterocycles. The quantitative estimate of drug-likeness (QED) is 0.398. The average Bonchev–Trinajstić information content (AvgIpc) is 2.95. The van der Waals surface area contributed by atoms with Gasteiger partial charge in [0.2, 0.25) is 15.9 Å². The van der Waals surface area contributed by atoms with Gasteiger partial charge in [0.15, 0.2) is 0 Å². The number of morpholine rings is 1. The molecule has 1 spiro atoms. The topological polar surface area (TPSA) is 79.0 Å². The summed E-state index contributed by atoms with van der Waals surface area (Å²) in [6.07, 6.45) is 2.15. The zero-order chi connectivity index (χ0) is 29.0. The van der Waals surface area contributed by atoms with Crippen LogP contribution in [0.25, 0.3) is 0 Å². The van der Waals surface area contributed by atoms with Crippen LogP contribution in [0, 0.1) is 6.92 Å². The van der Waals surface area contributed by atoms with Gasteiger partial charge in [-0.05, 0) is 74.0 Å². The lowest BCUT2D eigenvalue weighted by Gasteiger charge is -2.50. The van der Waals surface area contributed by atoms with Gasteiger partial charge in [-0.15, -0.1) is 0 Å². The number of aryl methyl sites for hydroxylation is 1. The SMILES string of the molecule is Cc1ccc(S(=O)(=O)N2C[C@@]3(CCCN(CC(=O)Nc4ccc(C(C)C)cc4)C3)OC[C@@H]2Cc2ccccc2)cc1. The molecule has 7 nitrogen and oxygen atoms in total. The van der Waals surface area contributed by atoms with Crippen molar-refractivity contribution < 1.29 is 17.9 Å². The van der Waals surface area contributed by atoms with Crippen LogP contribution in [0.1, 0.15) is 49.3 Å². The van der Waals surface area contributed by atoms with E-state index >= 15 is 0 Å². The maximum absolute atomic E-state index is 14.0. The first-order valence-electron chi connectivity index (χ1n) is 14.5. The molecule has 2 aliphatic rings. The molecular weight excluding hydrogens is 534 g/mol. The lowest BCUT2D eigenvalue weighted by molar-refractivity contribution is -0.144. The van der Waals surface area contributed by atoms with Gasteiger partial charge in [0, 0.05) is 18.8 Å². The van der Waals surface area contributed by atoms with E-state index in [0.29, 0.717) is 30.4 Å². The van der Waals surface area contributed by atoms with Crippen LogP contribution in [0.3, 0.4) is 0 Å². The monoisotopic (exact) mass is 575 g/mol. The van der Waals surface area contributed by atoms with Crippen molar-refractivity contribution in [1.82, 2.24) is 9.21 Å². The molecule has 0 aromatic heterocycles. The zero-order valence-electron chi connectivity index (χ0n) is 24.3. The van der Waals surface area contributed by atoms with Crippen molar-refractivity contribution >= 4 is 21.6 Å². The molecule has 0 unspecified atom stereocenters. The highest BCUT2D eigenvalue weighted by Crippen LogP contribution is 2.35. The van der Waals surface area contributed by atoms with Gasteiger partial charge in [-0.1, -0.05) is 74.0 Å². The molecule has 0 saturated carbocycles. The van der Waals surface area contributed by atoms with Crippen LogP contribution in [0.2, 0.25) is 0 Å². The number of hydrogen-bond acceptors (Lipinski definition) is 5. The van der Waals surface area contributed by atoms with Crippen LogP contribution in [0.15, 0.2) is 83.8 Å². The Morgan fingerprint density at radius 2 is 1.71 bits per heavy atom. The van der Waals surface area contributed by atoms with Gasteiger partial charge in [-0.2, -0.15) is 4.31 Å². The molecule has 1 N–H and O–H groups in total. The van der Waals surface area contributed by atoms with E-state index in [1.165, 1.54) is 5.56 Å². The molecule has 2 atom stereocenters. The number of sulfonamides is 1. The first-order chi connectivity index (χ1) is 19.6. The Labute approximate surface area is 244 Å². The first-order valence-corrected chi connectivity index (χ1v) is 16.0. The van der Waals surface area contributed by atoms with Crippen molar-refractivity contribution in [2.75, 3.05) is 38.1 Å². The van der Waals surface area contributed by atoms with E-state index in [1.807, 2.05) is 73.7 Å². The van der Waals surface area contributed by atoms with Crippen LogP contribution in [-0.4, -0.2) is 68.0 Å². The minimum atomic E-state index is -3.76. The van der Waals surface area contributed by atoms with E-state index in [-0.39, 0.29) is 25.0 Å². The molecule has 2 saturated heterocycles. The summed E-state index contributed by atoms with van der Waals surface area (Å²) < 4.78 is 36.3. The molecule has 2 fully saturated rings. The Hall–Kier alpha value is -3.04. The third-order valence-electron chi connectivity index (χ3n) is 8.22. The fraction of sp³-hybridized carbons (Fsp3) is 0.424. The predicted molar refractivity (Wildman–Crippen MR) is 163 cm³/mol. The Bertz CT molecular complexity index is 1430. The van der Waals surface area contributed by atoms with Gasteiger partial charge in [-0.3, -0.25) is 9.69 Å². The number of amides is 1. The lowest BCUT2D eigenvalue weighted by atomic mass is 9.90. The predicted octanol–water partition coefficient (Wildman–Crippen LogP) is 5.22. The van der Waals surface area contributed by atoms with Crippen molar-refractivity contribution in [3.8, 4) is 0 Å². The van der Waals surface area contributed by atoms with Gasteiger partial charge in [0.25, 0.3) is 0 Å². The van der Waals surface area contributed by atoms with E-state index in [2.05, 4.69) is 24.1 Å². The third kappa shape index (κ3) is 7.07. The fourth-order valence-electron chi connectivity index (χ4n) is 5.92. The summed E-state index contributed by atoms with van der Waals surface area (Å²) in [5.41, 5.74) is 3.43. The number of nitrogens with zero attached hydrogens (tertiary/aromatic N) is 2. The molecule has 0 bridgehead atoms. The van der Waals surface area contributed by atoms with Crippen molar-refractivity contribution in [3.05, 3.63) is 95.6 Å². The summed E-state index contributed by atoms with van der Waals surface area (Å²) in [6, 6.07) is 24.7. The van der Waals surface area contributed by atoms with Gasteiger partial charge >= 0.3 is 0 Å². The summed E-state index contributed by atoms with van der Waals surface area (Å²) in [5.74, 6) is 0.350. The van der Waals surface area contributed by atoms with Crippen LogP contribution in [0.5, 0.6) is 0 Å². The van der Waals surface area contributed by atoms with E-state index in [0.717, 1.165) is 36.2 Å². The number of benzene rings is 3. The highest BCUT2D eigenvalue weighted by atomic mass is 32.2. The highest BCUT2D eigenvalue weighted by molar-refractivity contribution is 7.89. The number of carbonyl (C=O) groups excluding carboxylic acids is 1. The van der Waals surface area contributed by atoms with Crippen molar-refractivity contribution in [3.63, 3.8) is 0 Å². The van der Waals surface area contributed by atoms with Crippen molar-refractivity contribution in [1.29, 1.82) is 0 Å². The van der Waals surface area contributed by atoms with Gasteiger partial charge in [0.05, 0.1) is 29.7 Å². The minimum absolute atomic E-state index is 0.0822. The second-order valence-electron chi connectivity index (χ2n) is 11.8. The molecule has 8 heteroatoms. The Balaban J connectivity index is 1.32. The molecule has 3 aromatic rings. The third-order valence-corrected chi connectivity index (χ3v) is 10.1. The largest absolute Gasteiger partial charge is 0.371 e. The molecular formula is C33H41N3O4S. The minimum Gasteiger partial charge on any atom is -0.371 e. The molecule has 3 aromatic carbocycles. The standard InChI is InChI=1S/C33H41N3O4S/c1-25(2)28-12-14-29(15-13-28)34-32(37)21-35-19-7-18-33(23-35)24-36(41(38,39)31-16-10-26(3)11-17-31)30(22-40-33)20-27-8-5-4-6-9-27/h4-6,8-17,25,30H,7,18-24H2,1-3H3,(H,34,37)/t30-,33-/m0/s1. The Morgan fingerprint density at radius 1 is 1.00 bits per heavy atom. The summed E-state index contributed by atoms with van der Waals surface area (Å²) in [6.45, 7) is 8.31. The Morgan fingerprint density at radius 3 is 2.39 bits per heavy atom. The number of rotatable bonds is 8. The van der Waals surface area contributed by atoms with Crippen LogP contribution >= 0.6 is 0 Å². The molecule has 5 rings (SSSR count). The number of ether oxygens (including phenoxy) is 1. The molecule has 0 aliphatic carbocycles. The lowest BCUT2D eigenvalue weighted by Crippen LogP contribution is -2.64. The molecule has 0 radical (unpaired) electrons. The van der Waals surface area contributed by atoms with Gasteiger partial charge in [-0.25, -0.2) is 8.42 Å². The van der Waals surface area contributed by atoms with Crippen LogP contribution < -0.4 is 5.32 Å². The normalized spacial score (nSPS) is 22.2. The van der Waals surface area contributed by atoms with Crippen LogP contribution in [0.4, 0.5) is 5.69 Å². The molecule has 2 aliphatic heterocycles. The summed E-state index contributed by atoms with van der Waals surface area (Å²) in [5, 5.41) is 3.01. The Kier molecular flexibility index (Phi) is 8.94. The van der Waals surface area contributed by atoms with E-state index < -0.39 is 15.6 Å². The number of nitrogens with one attached hydrogen (secondary N) is 1. The molecule has 41 heavy (non-hydrogen) atoms. The average molecular weight is 576 g/mol. The summed E-state index contributed by atoms with van der Waals surface area (Å²) >= 11 is 0. The number of hydrogen-bond donors (Lipinski definition) is 1. The van der Waals surface area contributed by atoms with Crippen molar-refractivity contribution in [2.24, 2.45) is 0 Å². The number of carbonyl (C=O) groups is 1. The smallest absolute Gasteiger partial charge is 0.243 e. The summed E-state index contributed by atoms with van der Waals surface area (Å²) in [7, 11) is -3.76. The highest BCUT2D eigenvalue weighted by Gasteiger charge is 2.47.